The molecule has 0 bridgehead atoms. The number of halogens is 3. The van der Waals surface area contributed by atoms with E-state index < -0.39 is 11.7 Å². The molecule has 1 aliphatic rings. The average molecular weight is 339 g/mol. The van der Waals surface area contributed by atoms with E-state index in [4.69, 9.17) is 4.52 Å². The lowest BCUT2D eigenvalue weighted by atomic mass is 10.1. The molecule has 1 atom stereocenters. The number of hydrogen-bond donors (Lipinski definition) is 0. The molecule has 1 amide bonds. The Morgan fingerprint density at radius 1 is 1.38 bits per heavy atom. The lowest BCUT2D eigenvalue weighted by Gasteiger charge is -2.22. The Labute approximate surface area is 136 Å². The third-order valence-corrected chi connectivity index (χ3v) is 4.02. The SMILES string of the molecule is CCc1noc(C2CCC(=O)N2Cc2cccc(C(F)(F)F)c2)n1. The number of nitrogens with zero attached hydrogens (tertiary/aromatic N) is 3. The molecule has 1 unspecified atom stereocenters. The summed E-state index contributed by atoms with van der Waals surface area (Å²) in [7, 11) is 0. The van der Waals surface area contributed by atoms with Crippen molar-refractivity contribution in [1.82, 2.24) is 15.0 Å². The van der Waals surface area contributed by atoms with Gasteiger partial charge in [0.1, 0.15) is 6.04 Å². The van der Waals surface area contributed by atoms with Gasteiger partial charge in [0.15, 0.2) is 5.82 Å². The predicted octanol–water partition coefficient (Wildman–Crippen LogP) is 3.51. The first-order chi connectivity index (χ1) is 11.4. The molecule has 0 N–H and O–H groups in total. The van der Waals surface area contributed by atoms with Gasteiger partial charge in [-0.15, -0.1) is 0 Å². The molecule has 8 heteroatoms. The zero-order valence-corrected chi connectivity index (χ0v) is 13.0. The molecule has 128 valence electrons. The third kappa shape index (κ3) is 3.27. The van der Waals surface area contributed by atoms with Crippen molar-refractivity contribution >= 4 is 5.91 Å². The summed E-state index contributed by atoms with van der Waals surface area (Å²) in [6, 6.07) is 4.60. The van der Waals surface area contributed by atoms with Crippen molar-refractivity contribution in [3.05, 3.63) is 47.1 Å². The van der Waals surface area contributed by atoms with Gasteiger partial charge in [0.05, 0.1) is 5.56 Å². The fraction of sp³-hybridized carbons (Fsp3) is 0.438. The summed E-state index contributed by atoms with van der Waals surface area (Å²) in [6.07, 6.45) is -2.97. The first-order valence-corrected chi connectivity index (χ1v) is 7.66. The van der Waals surface area contributed by atoms with E-state index in [-0.39, 0.29) is 18.5 Å². The molecule has 1 aromatic heterocycles. The molecule has 1 saturated heterocycles. The predicted molar refractivity (Wildman–Crippen MR) is 77.6 cm³/mol. The lowest BCUT2D eigenvalue weighted by molar-refractivity contribution is -0.137. The van der Waals surface area contributed by atoms with Gasteiger partial charge in [0, 0.05) is 19.4 Å². The highest BCUT2D eigenvalue weighted by atomic mass is 19.4. The van der Waals surface area contributed by atoms with E-state index in [1.807, 2.05) is 6.92 Å². The van der Waals surface area contributed by atoms with Gasteiger partial charge in [-0.05, 0) is 24.1 Å². The second kappa shape index (κ2) is 6.26. The van der Waals surface area contributed by atoms with Crippen LogP contribution in [0.4, 0.5) is 13.2 Å². The number of amides is 1. The molecule has 0 spiro atoms. The Morgan fingerprint density at radius 2 is 2.17 bits per heavy atom. The van der Waals surface area contributed by atoms with Crippen molar-refractivity contribution < 1.29 is 22.5 Å². The van der Waals surface area contributed by atoms with Crippen molar-refractivity contribution in [2.75, 3.05) is 0 Å². The van der Waals surface area contributed by atoms with Crippen LogP contribution in [0.3, 0.4) is 0 Å². The van der Waals surface area contributed by atoms with Crippen LogP contribution in [0.25, 0.3) is 0 Å². The van der Waals surface area contributed by atoms with E-state index >= 15 is 0 Å². The van der Waals surface area contributed by atoms with Gasteiger partial charge < -0.3 is 9.42 Å². The number of rotatable bonds is 4. The molecule has 0 aliphatic carbocycles. The van der Waals surface area contributed by atoms with Crippen LogP contribution in [-0.4, -0.2) is 20.9 Å². The minimum atomic E-state index is -4.41. The van der Waals surface area contributed by atoms with Crippen molar-refractivity contribution in [2.45, 2.75) is 44.9 Å². The highest BCUT2D eigenvalue weighted by Crippen LogP contribution is 2.34. The molecule has 3 rings (SSSR count). The Kier molecular flexibility index (Phi) is 4.29. The van der Waals surface area contributed by atoms with E-state index in [1.54, 1.807) is 6.07 Å². The minimum Gasteiger partial charge on any atom is -0.337 e. The van der Waals surface area contributed by atoms with Gasteiger partial charge in [0.2, 0.25) is 11.8 Å². The van der Waals surface area contributed by atoms with Crippen molar-refractivity contribution in [1.29, 1.82) is 0 Å². The Balaban J connectivity index is 1.83. The molecule has 1 aliphatic heterocycles. The minimum absolute atomic E-state index is 0.0806. The summed E-state index contributed by atoms with van der Waals surface area (Å²) in [6.45, 7) is 1.96. The largest absolute Gasteiger partial charge is 0.416 e. The van der Waals surface area contributed by atoms with Crippen LogP contribution < -0.4 is 0 Å². The van der Waals surface area contributed by atoms with E-state index in [0.717, 1.165) is 12.1 Å². The second-order valence-electron chi connectivity index (χ2n) is 5.68. The van der Waals surface area contributed by atoms with Crippen LogP contribution in [0.15, 0.2) is 28.8 Å². The molecule has 24 heavy (non-hydrogen) atoms. The Bertz CT molecular complexity index is 742. The molecular formula is C16H16F3N3O2. The normalized spacial score (nSPS) is 18.4. The van der Waals surface area contributed by atoms with Crippen molar-refractivity contribution in [2.24, 2.45) is 0 Å². The van der Waals surface area contributed by atoms with Crippen LogP contribution >= 0.6 is 0 Å². The number of hydrogen-bond acceptors (Lipinski definition) is 4. The topological polar surface area (TPSA) is 59.2 Å². The van der Waals surface area contributed by atoms with Crippen LogP contribution in [-0.2, 0) is 23.9 Å². The molecule has 5 nitrogen and oxygen atoms in total. The zero-order valence-electron chi connectivity index (χ0n) is 13.0. The van der Waals surface area contributed by atoms with Gasteiger partial charge in [-0.25, -0.2) is 0 Å². The fourth-order valence-electron chi connectivity index (χ4n) is 2.78. The van der Waals surface area contributed by atoms with Gasteiger partial charge in [-0.1, -0.05) is 24.2 Å². The lowest BCUT2D eigenvalue weighted by Crippen LogP contribution is -2.27. The van der Waals surface area contributed by atoms with Crippen LogP contribution in [0.2, 0.25) is 0 Å². The standard InChI is InChI=1S/C16H16F3N3O2/c1-2-13-20-15(24-21-13)12-6-7-14(23)22(12)9-10-4-3-5-11(8-10)16(17,18)19/h3-5,8,12H,2,6-7,9H2,1H3. The van der Waals surface area contributed by atoms with Gasteiger partial charge >= 0.3 is 6.18 Å². The molecule has 0 saturated carbocycles. The zero-order chi connectivity index (χ0) is 17.3. The maximum absolute atomic E-state index is 12.8. The molecular weight excluding hydrogens is 323 g/mol. The van der Waals surface area contributed by atoms with Crippen LogP contribution in [0.5, 0.6) is 0 Å². The smallest absolute Gasteiger partial charge is 0.337 e. The van der Waals surface area contributed by atoms with Gasteiger partial charge in [0.25, 0.3) is 0 Å². The summed E-state index contributed by atoms with van der Waals surface area (Å²) in [5.74, 6) is 0.752. The fourth-order valence-corrected chi connectivity index (χ4v) is 2.78. The number of carbonyl (C=O) groups excluding carboxylic acids is 1. The highest BCUT2D eigenvalue weighted by molar-refractivity contribution is 5.78. The van der Waals surface area contributed by atoms with E-state index in [1.165, 1.54) is 11.0 Å². The number of aromatic nitrogens is 2. The van der Waals surface area contributed by atoms with E-state index in [9.17, 15) is 18.0 Å². The number of aryl methyl sites for hydroxylation is 1. The van der Waals surface area contributed by atoms with Gasteiger partial charge in [-0.2, -0.15) is 18.2 Å². The number of benzene rings is 1. The molecule has 1 fully saturated rings. The number of likely N-dealkylation sites (tertiary alicyclic amines) is 1. The summed E-state index contributed by atoms with van der Waals surface area (Å²) < 4.78 is 43.7. The maximum atomic E-state index is 12.8. The van der Waals surface area contributed by atoms with Crippen LogP contribution in [0.1, 0.15) is 48.6 Å². The summed E-state index contributed by atoms with van der Waals surface area (Å²) >= 11 is 0. The molecule has 2 heterocycles. The monoisotopic (exact) mass is 339 g/mol. The highest BCUT2D eigenvalue weighted by Gasteiger charge is 2.36. The first kappa shape index (κ1) is 16.5. The second-order valence-corrected chi connectivity index (χ2v) is 5.68. The third-order valence-electron chi connectivity index (χ3n) is 4.02. The van der Waals surface area contributed by atoms with Crippen molar-refractivity contribution in [3.63, 3.8) is 0 Å². The number of carbonyl (C=O) groups is 1. The molecule has 0 radical (unpaired) electrons. The number of alkyl halides is 3. The van der Waals surface area contributed by atoms with E-state index in [2.05, 4.69) is 10.1 Å². The quantitative estimate of drug-likeness (QED) is 0.855. The van der Waals surface area contributed by atoms with Crippen molar-refractivity contribution in [3.8, 4) is 0 Å². The first-order valence-electron chi connectivity index (χ1n) is 7.66. The molecule has 1 aromatic carbocycles. The Morgan fingerprint density at radius 3 is 2.83 bits per heavy atom. The van der Waals surface area contributed by atoms with E-state index in [0.29, 0.717) is 36.5 Å². The Hall–Kier alpha value is -2.38. The summed E-state index contributed by atoms with van der Waals surface area (Å²) in [5.41, 5.74) is -0.311. The van der Waals surface area contributed by atoms with Gasteiger partial charge in [-0.3, -0.25) is 4.79 Å². The summed E-state index contributed by atoms with van der Waals surface area (Å²) in [4.78, 5) is 17.9. The average Bonchev–Trinajstić information content (AvgIpc) is 3.14. The summed E-state index contributed by atoms with van der Waals surface area (Å²) in [5, 5.41) is 3.82. The van der Waals surface area contributed by atoms with Crippen LogP contribution in [0, 0.1) is 0 Å². The maximum Gasteiger partial charge on any atom is 0.416 e. The molecule has 2 aromatic rings.